The lowest BCUT2D eigenvalue weighted by Gasteiger charge is -2.27. The molecule has 4 rings (SSSR count). The Hall–Kier alpha value is -2.80. The summed E-state index contributed by atoms with van der Waals surface area (Å²) < 4.78 is 5.84. The highest BCUT2D eigenvalue weighted by molar-refractivity contribution is 8.00. The number of benzene rings is 2. The number of nitrogens with one attached hydrogen (secondary N) is 1. The first-order chi connectivity index (χ1) is 15.6. The molecule has 0 unspecified atom stereocenters. The van der Waals surface area contributed by atoms with E-state index in [4.69, 9.17) is 4.42 Å². The fraction of sp³-hybridized carbons (Fsp3) is 0.400. The molecule has 2 aromatic carbocycles. The average molecular weight is 451 g/mol. The molecule has 0 bridgehead atoms. The molecule has 1 aliphatic rings. The van der Waals surface area contributed by atoms with Gasteiger partial charge in [0.15, 0.2) is 0 Å². The van der Waals surface area contributed by atoms with Gasteiger partial charge in [-0.05, 0) is 75.4 Å². The molecule has 0 saturated carbocycles. The maximum Gasteiger partial charge on any atom is 0.277 e. The van der Waals surface area contributed by atoms with E-state index >= 15 is 0 Å². The predicted molar refractivity (Wildman–Crippen MR) is 129 cm³/mol. The minimum atomic E-state index is -0.331. The van der Waals surface area contributed by atoms with Crippen molar-refractivity contribution in [2.45, 2.75) is 56.5 Å². The van der Waals surface area contributed by atoms with E-state index in [0.29, 0.717) is 11.1 Å². The van der Waals surface area contributed by atoms with Crippen LogP contribution in [0.5, 0.6) is 0 Å². The third-order valence-corrected chi connectivity index (χ3v) is 6.92. The summed E-state index contributed by atoms with van der Waals surface area (Å²) in [6.07, 6.45) is 3.13. The van der Waals surface area contributed by atoms with Crippen LogP contribution >= 0.6 is 11.8 Å². The third-order valence-electron chi connectivity index (χ3n) is 5.98. The van der Waals surface area contributed by atoms with Crippen LogP contribution in [0, 0.1) is 0 Å². The number of aryl methyl sites for hydroxylation is 1. The van der Waals surface area contributed by atoms with Crippen LogP contribution in [-0.4, -0.2) is 34.4 Å². The first-order valence-corrected chi connectivity index (χ1v) is 12.2. The number of aromatic nitrogens is 2. The number of carbonyl (C=O) groups is 1. The molecule has 1 aromatic heterocycles. The van der Waals surface area contributed by atoms with Gasteiger partial charge in [0.05, 0.1) is 11.3 Å². The maximum atomic E-state index is 12.8. The maximum absolute atomic E-state index is 12.8. The molecular weight excluding hydrogens is 420 g/mol. The SMILES string of the molecule is CCN(CC)c1ccc(-c2nnc(S[C@H](C)C(=O)N[C@H]3CCCc4ccccc43)o2)cc1. The fourth-order valence-corrected chi connectivity index (χ4v) is 4.87. The van der Waals surface area contributed by atoms with Gasteiger partial charge in [0.1, 0.15) is 0 Å². The molecule has 0 radical (unpaired) electrons. The van der Waals surface area contributed by atoms with E-state index in [2.05, 4.69) is 64.6 Å². The number of carbonyl (C=O) groups excluding carboxylic acids is 1. The topological polar surface area (TPSA) is 71.3 Å². The minimum absolute atomic E-state index is 0.0139. The lowest BCUT2D eigenvalue weighted by atomic mass is 9.88. The van der Waals surface area contributed by atoms with Crippen molar-refractivity contribution in [1.29, 1.82) is 0 Å². The largest absolute Gasteiger partial charge is 0.411 e. The highest BCUT2D eigenvalue weighted by Crippen LogP contribution is 2.31. The number of fused-ring (bicyclic) bond motifs is 1. The zero-order valence-electron chi connectivity index (χ0n) is 18.9. The molecule has 1 amide bonds. The van der Waals surface area contributed by atoms with Crippen molar-refractivity contribution in [3.05, 3.63) is 59.7 Å². The summed E-state index contributed by atoms with van der Waals surface area (Å²) in [5.41, 5.74) is 4.61. The number of nitrogens with zero attached hydrogens (tertiary/aromatic N) is 3. The molecule has 168 valence electrons. The smallest absolute Gasteiger partial charge is 0.277 e. The van der Waals surface area contributed by atoms with Crippen molar-refractivity contribution < 1.29 is 9.21 Å². The Morgan fingerprint density at radius 3 is 2.66 bits per heavy atom. The van der Waals surface area contributed by atoms with Crippen molar-refractivity contribution in [3.63, 3.8) is 0 Å². The van der Waals surface area contributed by atoms with E-state index in [-0.39, 0.29) is 17.2 Å². The summed E-state index contributed by atoms with van der Waals surface area (Å²) in [7, 11) is 0. The summed E-state index contributed by atoms with van der Waals surface area (Å²) in [6, 6.07) is 16.6. The van der Waals surface area contributed by atoms with Crippen LogP contribution in [0.15, 0.2) is 58.2 Å². The van der Waals surface area contributed by atoms with E-state index in [1.165, 1.54) is 28.6 Å². The molecule has 2 atom stereocenters. The number of rotatable bonds is 8. The molecule has 32 heavy (non-hydrogen) atoms. The van der Waals surface area contributed by atoms with Crippen molar-refractivity contribution >= 4 is 23.4 Å². The Balaban J connectivity index is 1.37. The Morgan fingerprint density at radius 1 is 1.16 bits per heavy atom. The van der Waals surface area contributed by atoms with Crippen molar-refractivity contribution in [1.82, 2.24) is 15.5 Å². The second-order valence-corrected chi connectivity index (χ2v) is 9.30. The normalized spacial score (nSPS) is 16.3. The van der Waals surface area contributed by atoms with E-state index in [1.807, 2.05) is 25.1 Å². The van der Waals surface area contributed by atoms with Crippen LogP contribution in [0.1, 0.15) is 50.8 Å². The van der Waals surface area contributed by atoms with Crippen LogP contribution < -0.4 is 10.2 Å². The van der Waals surface area contributed by atoms with E-state index in [1.54, 1.807) is 0 Å². The van der Waals surface area contributed by atoms with E-state index < -0.39 is 0 Å². The van der Waals surface area contributed by atoms with Crippen LogP contribution in [0.25, 0.3) is 11.5 Å². The van der Waals surface area contributed by atoms with E-state index in [9.17, 15) is 4.79 Å². The van der Waals surface area contributed by atoms with Gasteiger partial charge in [-0.2, -0.15) is 0 Å². The van der Waals surface area contributed by atoms with Crippen LogP contribution in [0.3, 0.4) is 0 Å². The highest BCUT2D eigenvalue weighted by Gasteiger charge is 2.25. The van der Waals surface area contributed by atoms with Gasteiger partial charge in [-0.1, -0.05) is 36.0 Å². The number of hydrogen-bond acceptors (Lipinski definition) is 6. The van der Waals surface area contributed by atoms with Gasteiger partial charge < -0.3 is 14.6 Å². The molecule has 3 aromatic rings. The molecule has 0 saturated heterocycles. The molecule has 1 heterocycles. The second-order valence-electron chi connectivity index (χ2n) is 8.00. The highest BCUT2D eigenvalue weighted by atomic mass is 32.2. The molecule has 0 spiro atoms. The number of thioether (sulfide) groups is 1. The third kappa shape index (κ3) is 4.99. The zero-order valence-corrected chi connectivity index (χ0v) is 19.7. The molecule has 7 heteroatoms. The van der Waals surface area contributed by atoms with Crippen molar-refractivity contribution in [3.8, 4) is 11.5 Å². The monoisotopic (exact) mass is 450 g/mol. The predicted octanol–water partition coefficient (Wildman–Crippen LogP) is 5.26. The Morgan fingerprint density at radius 2 is 1.91 bits per heavy atom. The summed E-state index contributed by atoms with van der Waals surface area (Å²) in [5.74, 6) is 0.451. The second kappa shape index (κ2) is 10.2. The number of anilines is 1. The lowest BCUT2D eigenvalue weighted by Crippen LogP contribution is -2.35. The number of amides is 1. The Labute approximate surface area is 193 Å². The zero-order chi connectivity index (χ0) is 22.5. The lowest BCUT2D eigenvalue weighted by molar-refractivity contribution is -0.121. The van der Waals surface area contributed by atoms with Gasteiger partial charge >= 0.3 is 0 Å². The minimum Gasteiger partial charge on any atom is -0.411 e. The summed E-state index contributed by atoms with van der Waals surface area (Å²) >= 11 is 1.29. The summed E-state index contributed by atoms with van der Waals surface area (Å²) in [5, 5.41) is 11.6. The van der Waals surface area contributed by atoms with Gasteiger partial charge in [-0.3, -0.25) is 4.79 Å². The Kier molecular flexibility index (Phi) is 7.15. The first-order valence-electron chi connectivity index (χ1n) is 11.3. The Bertz CT molecular complexity index is 1050. The van der Waals surface area contributed by atoms with E-state index in [0.717, 1.165) is 37.9 Å². The average Bonchev–Trinajstić information content (AvgIpc) is 3.29. The van der Waals surface area contributed by atoms with Gasteiger partial charge in [-0.15, -0.1) is 10.2 Å². The molecular formula is C25H30N4O2S. The summed E-state index contributed by atoms with van der Waals surface area (Å²) in [4.78, 5) is 15.1. The number of hydrogen-bond donors (Lipinski definition) is 1. The van der Waals surface area contributed by atoms with Crippen LogP contribution in [-0.2, 0) is 11.2 Å². The van der Waals surface area contributed by atoms with Gasteiger partial charge in [0.25, 0.3) is 5.22 Å². The van der Waals surface area contributed by atoms with Crippen LogP contribution in [0.4, 0.5) is 5.69 Å². The first kappa shape index (κ1) is 22.4. The van der Waals surface area contributed by atoms with Crippen molar-refractivity contribution in [2.24, 2.45) is 0 Å². The van der Waals surface area contributed by atoms with Crippen molar-refractivity contribution in [2.75, 3.05) is 18.0 Å². The fourth-order valence-electron chi connectivity index (χ4n) is 4.18. The molecule has 0 fully saturated rings. The van der Waals surface area contributed by atoms with Gasteiger partial charge in [0.2, 0.25) is 11.8 Å². The van der Waals surface area contributed by atoms with Crippen LogP contribution in [0.2, 0.25) is 0 Å². The quantitative estimate of drug-likeness (QED) is 0.472. The molecule has 0 aliphatic heterocycles. The molecule has 1 N–H and O–H groups in total. The molecule has 6 nitrogen and oxygen atoms in total. The van der Waals surface area contributed by atoms with Gasteiger partial charge in [-0.25, -0.2) is 0 Å². The standard InChI is InChI=1S/C25H30N4O2S/c1-4-29(5-2)20-15-13-19(14-16-20)24-27-28-25(31-24)32-17(3)23(30)26-22-12-8-10-18-9-6-7-11-21(18)22/h6-7,9,11,13-17,22H,4-5,8,10,12H2,1-3H3,(H,26,30)/t17-,22+/m1/s1. The molecule has 1 aliphatic carbocycles. The van der Waals surface area contributed by atoms with Gasteiger partial charge in [0, 0.05) is 24.3 Å². The summed E-state index contributed by atoms with van der Waals surface area (Å²) in [6.45, 7) is 8.08.